The van der Waals surface area contributed by atoms with Crippen molar-refractivity contribution in [2.45, 2.75) is 18.8 Å². The Bertz CT molecular complexity index is 740. The Labute approximate surface area is 161 Å². The van der Waals surface area contributed by atoms with Crippen molar-refractivity contribution >= 4 is 11.6 Å². The van der Waals surface area contributed by atoms with Crippen molar-refractivity contribution in [3.63, 3.8) is 0 Å². The Morgan fingerprint density at radius 1 is 1.15 bits per heavy atom. The summed E-state index contributed by atoms with van der Waals surface area (Å²) in [7, 11) is 3.65. The first-order valence-electron chi connectivity index (χ1n) is 9.62. The van der Waals surface area contributed by atoms with Gasteiger partial charge in [-0.3, -0.25) is 4.79 Å². The van der Waals surface area contributed by atoms with Crippen LogP contribution in [0, 0.1) is 0 Å². The quantitative estimate of drug-likeness (QED) is 0.788. The predicted molar refractivity (Wildman–Crippen MR) is 110 cm³/mol. The normalized spacial score (nSPS) is 15.5. The second kappa shape index (κ2) is 9.53. The number of anilines is 1. The van der Waals surface area contributed by atoms with Crippen molar-refractivity contribution in [1.82, 2.24) is 10.2 Å². The van der Waals surface area contributed by atoms with E-state index in [9.17, 15) is 4.79 Å². The van der Waals surface area contributed by atoms with Crippen LogP contribution >= 0.6 is 0 Å². The lowest BCUT2D eigenvalue weighted by Gasteiger charge is -2.32. The van der Waals surface area contributed by atoms with Crippen LogP contribution in [0.2, 0.25) is 0 Å². The lowest BCUT2D eigenvalue weighted by atomic mass is 9.89. The molecular formula is C22H29N3O2. The van der Waals surface area contributed by atoms with Gasteiger partial charge < -0.3 is 20.3 Å². The monoisotopic (exact) mass is 367 g/mol. The lowest BCUT2D eigenvalue weighted by Crippen LogP contribution is -2.37. The number of rotatable bonds is 7. The Morgan fingerprint density at radius 2 is 1.89 bits per heavy atom. The van der Waals surface area contributed by atoms with Crippen LogP contribution in [-0.4, -0.2) is 51.1 Å². The van der Waals surface area contributed by atoms with Gasteiger partial charge in [-0.15, -0.1) is 0 Å². The molecule has 1 amide bonds. The standard InChI is InChI=1S/C22H29N3O2/c1-23-12-15-25-13-10-17(11-14-25)19-8-9-20(21(16-19)27-2)24-22(26)18-6-4-3-5-7-18/h3-9,16-17,23H,10-15H2,1-2H3,(H,24,26). The minimum absolute atomic E-state index is 0.125. The van der Waals surface area contributed by atoms with Gasteiger partial charge in [-0.1, -0.05) is 24.3 Å². The van der Waals surface area contributed by atoms with E-state index in [1.165, 1.54) is 5.56 Å². The number of piperidine rings is 1. The summed E-state index contributed by atoms with van der Waals surface area (Å²) >= 11 is 0. The van der Waals surface area contributed by atoms with Crippen molar-refractivity contribution in [2.75, 3.05) is 45.7 Å². The van der Waals surface area contributed by atoms with Gasteiger partial charge in [-0.2, -0.15) is 0 Å². The Hall–Kier alpha value is -2.37. The summed E-state index contributed by atoms with van der Waals surface area (Å²) in [6.45, 7) is 4.40. The molecular weight excluding hydrogens is 338 g/mol. The number of methoxy groups -OCH3 is 1. The van der Waals surface area contributed by atoms with Gasteiger partial charge in [0.05, 0.1) is 12.8 Å². The van der Waals surface area contributed by atoms with E-state index in [1.54, 1.807) is 19.2 Å². The molecule has 1 aliphatic heterocycles. The molecule has 2 aromatic carbocycles. The summed E-state index contributed by atoms with van der Waals surface area (Å²) in [6.07, 6.45) is 2.31. The molecule has 0 aliphatic carbocycles. The molecule has 1 aliphatic rings. The SMILES string of the molecule is CNCCN1CCC(c2ccc(NC(=O)c3ccccc3)c(OC)c2)CC1. The maximum atomic E-state index is 12.4. The molecule has 0 bridgehead atoms. The summed E-state index contributed by atoms with van der Waals surface area (Å²) < 4.78 is 5.55. The van der Waals surface area contributed by atoms with E-state index < -0.39 is 0 Å². The molecule has 0 atom stereocenters. The van der Waals surface area contributed by atoms with Crippen LogP contribution in [0.5, 0.6) is 5.75 Å². The van der Waals surface area contributed by atoms with E-state index in [0.29, 0.717) is 17.2 Å². The van der Waals surface area contributed by atoms with Crippen molar-refractivity contribution in [1.29, 1.82) is 0 Å². The van der Waals surface area contributed by atoms with Crippen LogP contribution < -0.4 is 15.4 Å². The van der Waals surface area contributed by atoms with Crippen LogP contribution in [-0.2, 0) is 0 Å². The Morgan fingerprint density at radius 3 is 2.56 bits per heavy atom. The van der Waals surface area contributed by atoms with Crippen LogP contribution in [0.25, 0.3) is 0 Å². The zero-order valence-electron chi connectivity index (χ0n) is 16.2. The smallest absolute Gasteiger partial charge is 0.255 e. The van der Waals surface area contributed by atoms with E-state index >= 15 is 0 Å². The van der Waals surface area contributed by atoms with E-state index in [0.717, 1.165) is 44.8 Å². The second-order valence-corrected chi connectivity index (χ2v) is 7.00. The lowest BCUT2D eigenvalue weighted by molar-refractivity contribution is 0.102. The average Bonchev–Trinajstić information content (AvgIpc) is 2.73. The van der Waals surface area contributed by atoms with Gasteiger partial charge >= 0.3 is 0 Å². The molecule has 144 valence electrons. The van der Waals surface area contributed by atoms with Gasteiger partial charge in [-0.25, -0.2) is 0 Å². The zero-order valence-corrected chi connectivity index (χ0v) is 16.2. The van der Waals surface area contributed by atoms with E-state index in [-0.39, 0.29) is 5.91 Å². The molecule has 1 heterocycles. The first-order valence-corrected chi connectivity index (χ1v) is 9.62. The van der Waals surface area contributed by atoms with Crippen molar-refractivity contribution < 1.29 is 9.53 Å². The van der Waals surface area contributed by atoms with Crippen LogP contribution in [0.4, 0.5) is 5.69 Å². The summed E-state index contributed by atoms with van der Waals surface area (Å²) in [5, 5.41) is 6.17. The maximum absolute atomic E-state index is 12.4. The van der Waals surface area contributed by atoms with Gasteiger partial charge in [0.2, 0.25) is 0 Å². The summed E-state index contributed by atoms with van der Waals surface area (Å²) in [5.74, 6) is 1.14. The van der Waals surface area contributed by atoms with E-state index in [2.05, 4.69) is 27.7 Å². The molecule has 5 nitrogen and oxygen atoms in total. The highest BCUT2D eigenvalue weighted by Gasteiger charge is 2.21. The molecule has 1 fully saturated rings. The molecule has 27 heavy (non-hydrogen) atoms. The number of nitrogens with one attached hydrogen (secondary N) is 2. The molecule has 0 spiro atoms. The van der Waals surface area contributed by atoms with Crippen LogP contribution in [0.3, 0.4) is 0 Å². The maximum Gasteiger partial charge on any atom is 0.255 e. The predicted octanol–water partition coefficient (Wildman–Crippen LogP) is 3.35. The number of carbonyl (C=O) groups excluding carboxylic acids is 1. The third-order valence-electron chi connectivity index (χ3n) is 5.25. The number of likely N-dealkylation sites (N-methyl/N-ethyl adjacent to an activating group) is 1. The van der Waals surface area contributed by atoms with Crippen molar-refractivity contribution in [3.05, 3.63) is 59.7 Å². The second-order valence-electron chi connectivity index (χ2n) is 7.00. The van der Waals surface area contributed by atoms with Gasteiger partial charge in [0.25, 0.3) is 5.91 Å². The Balaban J connectivity index is 1.65. The third kappa shape index (κ3) is 5.08. The number of hydrogen-bond donors (Lipinski definition) is 2. The highest BCUT2D eigenvalue weighted by molar-refractivity contribution is 6.05. The van der Waals surface area contributed by atoms with Gasteiger partial charge in [0.1, 0.15) is 5.75 Å². The highest BCUT2D eigenvalue weighted by atomic mass is 16.5. The third-order valence-corrected chi connectivity index (χ3v) is 5.25. The van der Waals surface area contributed by atoms with Crippen LogP contribution in [0.15, 0.2) is 48.5 Å². The molecule has 2 N–H and O–H groups in total. The number of carbonyl (C=O) groups is 1. The number of nitrogens with zero attached hydrogens (tertiary/aromatic N) is 1. The Kier molecular flexibility index (Phi) is 6.85. The fourth-order valence-corrected chi connectivity index (χ4v) is 3.61. The minimum atomic E-state index is -0.125. The van der Waals surface area contributed by atoms with Crippen molar-refractivity contribution in [3.8, 4) is 5.75 Å². The molecule has 0 aromatic heterocycles. The number of benzene rings is 2. The van der Waals surface area contributed by atoms with Gasteiger partial charge in [-0.05, 0) is 68.7 Å². The van der Waals surface area contributed by atoms with Crippen molar-refractivity contribution in [2.24, 2.45) is 0 Å². The minimum Gasteiger partial charge on any atom is -0.495 e. The van der Waals surface area contributed by atoms with Gasteiger partial charge in [0.15, 0.2) is 0 Å². The molecule has 0 unspecified atom stereocenters. The largest absolute Gasteiger partial charge is 0.495 e. The fraction of sp³-hybridized carbons (Fsp3) is 0.409. The highest BCUT2D eigenvalue weighted by Crippen LogP contribution is 2.34. The molecule has 0 saturated carbocycles. The first-order chi connectivity index (χ1) is 13.2. The zero-order chi connectivity index (χ0) is 19.1. The number of hydrogen-bond acceptors (Lipinski definition) is 4. The molecule has 0 radical (unpaired) electrons. The summed E-state index contributed by atoms with van der Waals surface area (Å²) in [5.41, 5.74) is 2.64. The van der Waals surface area contributed by atoms with Gasteiger partial charge in [0, 0.05) is 18.7 Å². The van der Waals surface area contributed by atoms with E-state index in [1.807, 2.05) is 31.3 Å². The molecule has 5 heteroatoms. The number of amides is 1. The number of ether oxygens (including phenoxy) is 1. The molecule has 1 saturated heterocycles. The summed E-state index contributed by atoms with van der Waals surface area (Å²) in [6, 6.07) is 15.4. The average molecular weight is 367 g/mol. The van der Waals surface area contributed by atoms with Crippen LogP contribution in [0.1, 0.15) is 34.7 Å². The van der Waals surface area contributed by atoms with E-state index in [4.69, 9.17) is 4.74 Å². The topological polar surface area (TPSA) is 53.6 Å². The summed E-state index contributed by atoms with van der Waals surface area (Å²) in [4.78, 5) is 14.9. The number of likely N-dealkylation sites (tertiary alicyclic amines) is 1. The molecule has 2 aromatic rings. The fourth-order valence-electron chi connectivity index (χ4n) is 3.61. The molecule has 3 rings (SSSR count). The first kappa shape index (κ1) is 19.4.